The third-order valence-electron chi connectivity index (χ3n) is 5.34. The lowest BCUT2D eigenvalue weighted by molar-refractivity contribution is -0.119. The summed E-state index contributed by atoms with van der Waals surface area (Å²) in [5.74, 6) is 0.713. The van der Waals surface area contributed by atoms with E-state index in [2.05, 4.69) is 15.5 Å². The van der Waals surface area contributed by atoms with Gasteiger partial charge in [0.25, 0.3) is 0 Å². The van der Waals surface area contributed by atoms with Crippen molar-refractivity contribution < 1.29 is 9.90 Å². The number of aliphatic hydroxyl groups is 1. The largest absolute Gasteiger partial charge is 0.380 e. The Labute approximate surface area is 180 Å². The van der Waals surface area contributed by atoms with Gasteiger partial charge in [0, 0.05) is 11.7 Å². The predicted octanol–water partition coefficient (Wildman–Crippen LogP) is 3.89. The maximum atomic E-state index is 12.5. The summed E-state index contributed by atoms with van der Waals surface area (Å²) in [6.07, 6.45) is 4.83. The minimum Gasteiger partial charge on any atom is -0.380 e. The Morgan fingerprint density at radius 1 is 1.03 bits per heavy atom. The molecule has 30 heavy (non-hydrogen) atoms. The number of para-hydroxylation sites is 1. The van der Waals surface area contributed by atoms with Crippen LogP contribution in [-0.2, 0) is 4.79 Å². The Hall–Kier alpha value is -2.64. The first-order chi connectivity index (χ1) is 14.7. The fourth-order valence-corrected chi connectivity index (χ4v) is 4.57. The van der Waals surface area contributed by atoms with Gasteiger partial charge in [0.2, 0.25) is 5.91 Å². The number of amides is 1. The van der Waals surface area contributed by atoms with E-state index in [1.165, 1.54) is 31.0 Å². The second-order valence-electron chi connectivity index (χ2n) is 7.52. The molecular weight excluding hydrogens is 396 g/mol. The Kier molecular flexibility index (Phi) is 6.81. The van der Waals surface area contributed by atoms with Crippen molar-refractivity contribution in [2.75, 3.05) is 5.75 Å². The van der Waals surface area contributed by atoms with Crippen LogP contribution in [0.25, 0.3) is 5.69 Å². The van der Waals surface area contributed by atoms with Gasteiger partial charge in [-0.1, -0.05) is 79.6 Å². The quantitative estimate of drug-likeness (QED) is 0.565. The van der Waals surface area contributed by atoms with Gasteiger partial charge in [0.05, 0.1) is 5.75 Å². The molecule has 1 saturated carbocycles. The van der Waals surface area contributed by atoms with Crippen LogP contribution in [-0.4, -0.2) is 37.6 Å². The molecule has 1 amide bonds. The fourth-order valence-electron chi connectivity index (χ4n) is 3.80. The molecule has 1 aliphatic rings. The highest BCUT2D eigenvalue weighted by atomic mass is 32.2. The minimum atomic E-state index is -0.913. The van der Waals surface area contributed by atoms with Crippen LogP contribution in [0.1, 0.15) is 49.6 Å². The molecule has 6 nitrogen and oxygen atoms in total. The fraction of sp³-hybridized carbons (Fsp3) is 0.348. The van der Waals surface area contributed by atoms with Crippen molar-refractivity contribution in [1.29, 1.82) is 0 Å². The van der Waals surface area contributed by atoms with Crippen molar-refractivity contribution in [2.24, 2.45) is 0 Å². The molecule has 0 saturated heterocycles. The average Bonchev–Trinajstić information content (AvgIpc) is 3.23. The van der Waals surface area contributed by atoms with Gasteiger partial charge in [-0.3, -0.25) is 9.36 Å². The second-order valence-corrected chi connectivity index (χ2v) is 8.46. The molecular formula is C23H26N4O2S. The van der Waals surface area contributed by atoms with E-state index in [0.717, 1.165) is 24.1 Å². The smallest absolute Gasteiger partial charge is 0.230 e. The molecule has 1 aromatic heterocycles. The summed E-state index contributed by atoms with van der Waals surface area (Å²) in [4.78, 5) is 12.5. The standard InChI is InChI=1S/C23H26N4O2S/c28-20(24-18-12-6-2-7-13-18)16-30-23-26-25-22(21(29)17-10-4-1-5-11-17)27(23)19-14-8-3-9-15-19/h1,3-5,8-11,14-15,18,21,29H,2,6-7,12-13,16H2,(H,24,28). The normalized spacial score (nSPS) is 15.6. The summed E-state index contributed by atoms with van der Waals surface area (Å²) in [5, 5.41) is 23.2. The average molecular weight is 423 g/mol. The van der Waals surface area contributed by atoms with E-state index in [1.54, 1.807) is 0 Å². The number of hydrogen-bond acceptors (Lipinski definition) is 5. The number of hydrogen-bond donors (Lipinski definition) is 2. The summed E-state index contributed by atoms with van der Waals surface area (Å²) >= 11 is 1.34. The maximum absolute atomic E-state index is 12.5. The van der Waals surface area contributed by atoms with Gasteiger partial charge in [0.15, 0.2) is 11.0 Å². The third kappa shape index (κ3) is 4.91. The molecule has 156 valence electrons. The number of carbonyl (C=O) groups is 1. The van der Waals surface area contributed by atoms with E-state index < -0.39 is 6.10 Å². The van der Waals surface area contributed by atoms with Crippen molar-refractivity contribution in [3.05, 3.63) is 72.1 Å². The Balaban J connectivity index is 1.54. The second kappa shape index (κ2) is 9.91. The van der Waals surface area contributed by atoms with Gasteiger partial charge >= 0.3 is 0 Å². The molecule has 4 rings (SSSR count). The van der Waals surface area contributed by atoms with Crippen LogP contribution in [0, 0.1) is 0 Å². The van der Waals surface area contributed by atoms with Crippen molar-refractivity contribution in [3.63, 3.8) is 0 Å². The van der Waals surface area contributed by atoms with Crippen molar-refractivity contribution >= 4 is 17.7 Å². The number of aromatic nitrogens is 3. The zero-order valence-electron chi connectivity index (χ0n) is 16.8. The monoisotopic (exact) mass is 422 g/mol. The van der Waals surface area contributed by atoms with Crippen molar-refractivity contribution in [1.82, 2.24) is 20.1 Å². The minimum absolute atomic E-state index is 0.0136. The van der Waals surface area contributed by atoms with Crippen LogP contribution in [0.4, 0.5) is 0 Å². The summed E-state index contributed by atoms with van der Waals surface area (Å²) in [7, 11) is 0. The van der Waals surface area contributed by atoms with Gasteiger partial charge in [-0.05, 0) is 30.5 Å². The number of aliphatic hydroxyl groups excluding tert-OH is 1. The highest BCUT2D eigenvalue weighted by molar-refractivity contribution is 7.99. The Bertz CT molecular complexity index is 956. The number of nitrogens with zero attached hydrogens (tertiary/aromatic N) is 3. The van der Waals surface area contributed by atoms with Gasteiger partial charge in [0.1, 0.15) is 6.10 Å². The first kappa shape index (κ1) is 20.6. The lowest BCUT2D eigenvalue weighted by Gasteiger charge is -2.22. The molecule has 0 bridgehead atoms. The SMILES string of the molecule is O=C(CSc1nnc(C(O)c2ccccc2)n1-c1ccccc1)NC1CCCCC1. The topological polar surface area (TPSA) is 80.0 Å². The predicted molar refractivity (Wildman–Crippen MR) is 118 cm³/mol. The molecule has 0 aliphatic heterocycles. The van der Waals surface area contributed by atoms with Crippen LogP contribution in [0.5, 0.6) is 0 Å². The molecule has 1 fully saturated rings. The molecule has 1 heterocycles. The number of carbonyl (C=O) groups excluding carboxylic acids is 1. The van der Waals surface area contributed by atoms with Crippen LogP contribution < -0.4 is 5.32 Å². The molecule has 0 spiro atoms. The summed E-state index contributed by atoms with van der Waals surface area (Å²) in [6, 6.07) is 19.4. The summed E-state index contributed by atoms with van der Waals surface area (Å²) in [5.41, 5.74) is 1.59. The van der Waals surface area contributed by atoms with E-state index >= 15 is 0 Å². The maximum Gasteiger partial charge on any atom is 0.230 e. The molecule has 0 radical (unpaired) electrons. The zero-order chi connectivity index (χ0) is 20.8. The molecule has 1 atom stereocenters. The molecule has 3 aromatic rings. The molecule has 7 heteroatoms. The lowest BCUT2D eigenvalue weighted by atomic mass is 9.95. The number of nitrogens with one attached hydrogen (secondary N) is 1. The van der Waals surface area contributed by atoms with Crippen LogP contribution >= 0.6 is 11.8 Å². The number of thioether (sulfide) groups is 1. The molecule has 1 aliphatic carbocycles. The Morgan fingerprint density at radius 3 is 2.40 bits per heavy atom. The van der Waals surface area contributed by atoms with Gasteiger partial charge in [-0.2, -0.15) is 0 Å². The third-order valence-corrected chi connectivity index (χ3v) is 6.26. The number of rotatable bonds is 7. The first-order valence-corrected chi connectivity index (χ1v) is 11.4. The first-order valence-electron chi connectivity index (χ1n) is 10.4. The molecule has 2 aromatic carbocycles. The van der Waals surface area contributed by atoms with Crippen LogP contribution in [0.3, 0.4) is 0 Å². The zero-order valence-corrected chi connectivity index (χ0v) is 17.6. The van der Waals surface area contributed by atoms with E-state index in [4.69, 9.17) is 0 Å². The molecule has 1 unspecified atom stereocenters. The number of benzene rings is 2. The Morgan fingerprint density at radius 2 is 1.70 bits per heavy atom. The van der Waals surface area contributed by atoms with E-state index in [0.29, 0.717) is 11.0 Å². The summed E-state index contributed by atoms with van der Waals surface area (Å²) in [6.45, 7) is 0. The lowest BCUT2D eigenvalue weighted by Crippen LogP contribution is -2.37. The van der Waals surface area contributed by atoms with Gasteiger partial charge in [-0.25, -0.2) is 0 Å². The van der Waals surface area contributed by atoms with Crippen LogP contribution in [0.2, 0.25) is 0 Å². The van der Waals surface area contributed by atoms with Crippen LogP contribution in [0.15, 0.2) is 65.8 Å². The van der Waals surface area contributed by atoms with E-state index in [1.807, 2.05) is 65.2 Å². The molecule has 2 N–H and O–H groups in total. The van der Waals surface area contributed by atoms with Crippen molar-refractivity contribution in [3.8, 4) is 5.69 Å². The van der Waals surface area contributed by atoms with E-state index in [9.17, 15) is 9.90 Å². The van der Waals surface area contributed by atoms with Gasteiger partial charge < -0.3 is 10.4 Å². The summed E-state index contributed by atoms with van der Waals surface area (Å²) < 4.78 is 1.83. The highest BCUT2D eigenvalue weighted by Gasteiger charge is 2.23. The highest BCUT2D eigenvalue weighted by Crippen LogP contribution is 2.28. The van der Waals surface area contributed by atoms with Gasteiger partial charge in [-0.15, -0.1) is 10.2 Å². The van der Waals surface area contributed by atoms with E-state index in [-0.39, 0.29) is 17.7 Å². The van der Waals surface area contributed by atoms with Crippen molar-refractivity contribution in [2.45, 2.75) is 49.4 Å².